The van der Waals surface area contributed by atoms with Crippen LogP contribution in [-0.2, 0) is 15.8 Å². The Bertz CT molecular complexity index is 1010. The third-order valence-electron chi connectivity index (χ3n) is 4.13. The van der Waals surface area contributed by atoms with Gasteiger partial charge in [0.25, 0.3) is 0 Å². The number of nitrogens with one attached hydrogen (secondary N) is 3. The number of aromatic amines is 1. The molecule has 1 aromatic heterocycles. The van der Waals surface area contributed by atoms with Crippen LogP contribution in [0, 0.1) is 0 Å². The summed E-state index contributed by atoms with van der Waals surface area (Å²) in [6.07, 6.45) is -4.59. The fraction of sp³-hybridized carbons (Fsp3) is 0.158. The summed E-state index contributed by atoms with van der Waals surface area (Å²) in [5.74, 6) is -2.07. The molecular formula is C19H16F3N3O3. The Kier molecular flexibility index (Phi) is 5.36. The quantitative estimate of drug-likeness (QED) is 0.515. The van der Waals surface area contributed by atoms with Crippen LogP contribution in [0.3, 0.4) is 0 Å². The van der Waals surface area contributed by atoms with Gasteiger partial charge in [-0.2, -0.15) is 13.2 Å². The molecule has 1 atom stereocenters. The van der Waals surface area contributed by atoms with Gasteiger partial charge in [0.2, 0.25) is 0 Å². The highest BCUT2D eigenvalue weighted by atomic mass is 19.4. The van der Waals surface area contributed by atoms with Crippen LogP contribution in [0.25, 0.3) is 10.9 Å². The maximum absolute atomic E-state index is 13.0. The third-order valence-corrected chi connectivity index (χ3v) is 4.13. The number of carbonyl (C=O) groups excluding carboxylic acids is 2. The SMILES string of the molecule is O=C(NCC(O)c1ccccc1C(F)(F)F)C(=O)Nc1cccc2[nH]ccc12. The number of fused-ring (bicyclic) bond motifs is 1. The molecule has 0 bridgehead atoms. The molecule has 3 rings (SSSR count). The number of aliphatic hydroxyl groups excluding tert-OH is 1. The molecule has 0 saturated heterocycles. The highest BCUT2D eigenvalue weighted by Gasteiger charge is 2.34. The van der Waals surface area contributed by atoms with Gasteiger partial charge < -0.3 is 20.7 Å². The number of hydrogen-bond donors (Lipinski definition) is 4. The molecule has 0 aliphatic carbocycles. The highest BCUT2D eigenvalue weighted by Crippen LogP contribution is 2.34. The van der Waals surface area contributed by atoms with Gasteiger partial charge in [-0.15, -0.1) is 0 Å². The second kappa shape index (κ2) is 7.73. The first-order valence-electron chi connectivity index (χ1n) is 8.27. The Morgan fingerprint density at radius 1 is 1.04 bits per heavy atom. The van der Waals surface area contributed by atoms with Crippen molar-refractivity contribution in [2.75, 3.05) is 11.9 Å². The van der Waals surface area contributed by atoms with E-state index in [1.54, 1.807) is 30.5 Å². The lowest BCUT2D eigenvalue weighted by Crippen LogP contribution is -2.37. The Balaban J connectivity index is 1.64. The average molecular weight is 391 g/mol. The molecule has 0 radical (unpaired) electrons. The topological polar surface area (TPSA) is 94.2 Å². The lowest BCUT2D eigenvalue weighted by atomic mass is 10.0. The molecule has 0 aliphatic rings. The number of alkyl halides is 3. The van der Waals surface area contributed by atoms with E-state index in [0.29, 0.717) is 11.1 Å². The summed E-state index contributed by atoms with van der Waals surface area (Å²) in [5.41, 5.74) is -0.215. The molecule has 146 valence electrons. The summed E-state index contributed by atoms with van der Waals surface area (Å²) >= 11 is 0. The van der Waals surface area contributed by atoms with Crippen molar-refractivity contribution in [2.24, 2.45) is 0 Å². The van der Waals surface area contributed by atoms with Crippen molar-refractivity contribution in [1.29, 1.82) is 0 Å². The number of rotatable bonds is 4. The predicted molar refractivity (Wildman–Crippen MR) is 96.3 cm³/mol. The molecule has 2 aromatic carbocycles. The zero-order valence-corrected chi connectivity index (χ0v) is 14.4. The van der Waals surface area contributed by atoms with Crippen molar-refractivity contribution in [3.05, 3.63) is 65.9 Å². The van der Waals surface area contributed by atoms with Gasteiger partial charge in [0.15, 0.2) is 0 Å². The molecule has 0 spiro atoms. The molecule has 1 heterocycles. The van der Waals surface area contributed by atoms with E-state index >= 15 is 0 Å². The van der Waals surface area contributed by atoms with Crippen molar-refractivity contribution < 1.29 is 27.9 Å². The largest absolute Gasteiger partial charge is 0.416 e. The van der Waals surface area contributed by atoms with E-state index in [4.69, 9.17) is 0 Å². The van der Waals surface area contributed by atoms with E-state index in [0.717, 1.165) is 17.6 Å². The number of halogens is 3. The summed E-state index contributed by atoms with van der Waals surface area (Å²) in [4.78, 5) is 27.0. The number of aromatic nitrogens is 1. The van der Waals surface area contributed by atoms with Crippen LogP contribution >= 0.6 is 0 Å². The van der Waals surface area contributed by atoms with E-state index in [-0.39, 0.29) is 5.56 Å². The van der Waals surface area contributed by atoms with Gasteiger partial charge in [0.1, 0.15) is 0 Å². The third kappa shape index (κ3) is 4.15. The number of H-pyrrole nitrogens is 1. The summed E-state index contributed by atoms with van der Waals surface area (Å²) in [5, 5.41) is 15.3. The molecule has 6 nitrogen and oxygen atoms in total. The lowest BCUT2D eigenvalue weighted by Gasteiger charge is -2.17. The van der Waals surface area contributed by atoms with Crippen molar-refractivity contribution in [1.82, 2.24) is 10.3 Å². The predicted octanol–water partition coefficient (Wildman–Crippen LogP) is 2.98. The van der Waals surface area contributed by atoms with Gasteiger partial charge in [-0.3, -0.25) is 9.59 Å². The Hall–Kier alpha value is -3.33. The number of hydrogen-bond acceptors (Lipinski definition) is 3. The molecule has 4 N–H and O–H groups in total. The Labute approximate surface area is 157 Å². The molecule has 0 saturated carbocycles. The van der Waals surface area contributed by atoms with Gasteiger partial charge in [-0.1, -0.05) is 24.3 Å². The fourth-order valence-corrected chi connectivity index (χ4v) is 2.80. The highest BCUT2D eigenvalue weighted by molar-refractivity contribution is 6.40. The lowest BCUT2D eigenvalue weighted by molar-refractivity contribution is -0.139. The standard InChI is InChI=1S/C19H16F3N3O3/c20-19(21,22)13-5-2-1-4-11(13)16(26)10-24-17(27)18(28)25-15-7-3-6-14-12(15)8-9-23-14/h1-9,16,23,26H,10H2,(H,24,27)(H,25,28). The molecule has 9 heteroatoms. The number of aliphatic hydroxyl groups is 1. The van der Waals surface area contributed by atoms with Crippen LogP contribution in [0.2, 0.25) is 0 Å². The maximum Gasteiger partial charge on any atom is 0.416 e. The van der Waals surface area contributed by atoms with Gasteiger partial charge >= 0.3 is 18.0 Å². The Morgan fingerprint density at radius 3 is 2.54 bits per heavy atom. The molecule has 1 unspecified atom stereocenters. The minimum atomic E-state index is -4.64. The summed E-state index contributed by atoms with van der Waals surface area (Å²) in [7, 11) is 0. The second-order valence-electron chi connectivity index (χ2n) is 6.01. The molecule has 0 aliphatic heterocycles. The van der Waals surface area contributed by atoms with Crippen LogP contribution in [0.15, 0.2) is 54.7 Å². The molecule has 0 fully saturated rings. The van der Waals surface area contributed by atoms with Crippen molar-refractivity contribution >= 4 is 28.4 Å². The summed E-state index contributed by atoms with van der Waals surface area (Å²) in [6, 6.07) is 11.3. The van der Waals surface area contributed by atoms with E-state index < -0.39 is 36.2 Å². The van der Waals surface area contributed by atoms with Crippen molar-refractivity contribution in [3.63, 3.8) is 0 Å². The summed E-state index contributed by atoms with van der Waals surface area (Å²) in [6.45, 7) is -0.548. The first-order chi connectivity index (χ1) is 13.3. The Morgan fingerprint density at radius 2 is 1.79 bits per heavy atom. The smallest absolute Gasteiger partial charge is 0.387 e. The normalized spacial score (nSPS) is 12.6. The first kappa shape index (κ1) is 19.4. The first-order valence-corrected chi connectivity index (χ1v) is 8.27. The second-order valence-corrected chi connectivity index (χ2v) is 6.01. The van der Waals surface area contributed by atoms with E-state index in [1.165, 1.54) is 12.1 Å². The van der Waals surface area contributed by atoms with Crippen LogP contribution in [0.4, 0.5) is 18.9 Å². The number of carbonyl (C=O) groups is 2. The maximum atomic E-state index is 13.0. The van der Waals surface area contributed by atoms with Gasteiger partial charge in [-0.25, -0.2) is 0 Å². The van der Waals surface area contributed by atoms with Crippen LogP contribution < -0.4 is 10.6 Å². The number of anilines is 1. The van der Waals surface area contributed by atoms with E-state index in [2.05, 4.69) is 15.6 Å². The van der Waals surface area contributed by atoms with Crippen molar-refractivity contribution in [3.8, 4) is 0 Å². The van der Waals surface area contributed by atoms with Gasteiger partial charge in [0, 0.05) is 23.6 Å². The van der Waals surface area contributed by atoms with Gasteiger partial charge in [-0.05, 0) is 29.8 Å². The zero-order chi connectivity index (χ0) is 20.3. The molecule has 28 heavy (non-hydrogen) atoms. The molecular weight excluding hydrogens is 375 g/mol. The average Bonchev–Trinajstić information content (AvgIpc) is 3.15. The van der Waals surface area contributed by atoms with Crippen LogP contribution in [0.1, 0.15) is 17.2 Å². The van der Waals surface area contributed by atoms with Crippen LogP contribution in [0.5, 0.6) is 0 Å². The molecule has 3 aromatic rings. The summed E-state index contributed by atoms with van der Waals surface area (Å²) < 4.78 is 39.0. The minimum absolute atomic E-state index is 0.382. The monoisotopic (exact) mass is 391 g/mol. The van der Waals surface area contributed by atoms with Crippen LogP contribution in [-0.4, -0.2) is 28.4 Å². The van der Waals surface area contributed by atoms with E-state index in [9.17, 15) is 27.9 Å². The number of benzene rings is 2. The minimum Gasteiger partial charge on any atom is -0.387 e. The fourth-order valence-electron chi connectivity index (χ4n) is 2.80. The number of amides is 2. The van der Waals surface area contributed by atoms with E-state index in [1.807, 2.05) is 0 Å². The zero-order valence-electron chi connectivity index (χ0n) is 14.4. The van der Waals surface area contributed by atoms with Gasteiger partial charge in [0.05, 0.1) is 17.4 Å². The van der Waals surface area contributed by atoms with Crippen molar-refractivity contribution in [2.45, 2.75) is 12.3 Å². The molecule has 2 amide bonds.